The normalized spacial score (nSPS) is 29.9. The molecule has 0 bridgehead atoms. The van der Waals surface area contributed by atoms with Crippen LogP contribution < -0.4 is 10.2 Å². The van der Waals surface area contributed by atoms with E-state index in [1.54, 1.807) is 12.4 Å². The maximum atomic E-state index is 4.38. The maximum absolute atomic E-state index is 4.38. The molecule has 2 aliphatic rings. The van der Waals surface area contributed by atoms with E-state index in [2.05, 4.69) is 20.2 Å². The second-order valence-electron chi connectivity index (χ2n) is 5.02. The summed E-state index contributed by atoms with van der Waals surface area (Å²) in [6.07, 6.45) is 9.34. The van der Waals surface area contributed by atoms with Gasteiger partial charge in [-0.1, -0.05) is 0 Å². The van der Waals surface area contributed by atoms with Gasteiger partial charge in [0.1, 0.15) is 5.82 Å². The van der Waals surface area contributed by atoms with Crippen molar-refractivity contribution in [2.75, 3.05) is 31.1 Å². The Morgan fingerprint density at radius 1 is 1.31 bits per heavy atom. The number of hydrogen-bond donors (Lipinski definition) is 1. The molecule has 1 aromatic heterocycles. The Balaban J connectivity index is 1.73. The molecule has 0 aromatic carbocycles. The molecule has 0 aliphatic carbocycles. The van der Waals surface area contributed by atoms with E-state index >= 15 is 0 Å². The first kappa shape index (κ1) is 10.0. The van der Waals surface area contributed by atoms with Crippen LogP contribution in [-0.2, 0) is 0 Å². The molecule has 86 valence electrons. The highest BCUT2D eigenvalue weighted by atomic mass is 15.2. The summed E-state index contributed by atoms with van der Waals surface area (Å²) in [5.41, 5.74) is 0.496. The van der Waals surface area contributed by atoms with Crippen molar-refractivity contribution in [2.24, 2.45) is 5.41 Å². The molecule has 4 heteroatoms. The minimum atomic E-state index is 0.496. The highest BCUT2D eigenvalue weighted by molar-refractivity contribution is 5.37. The van der Waals surface area contributed by atoms with Gasteiger partial charge in [0.25, 0.3) is 0 Å². The largest absolute Gasteiger partial charge is 0.355 e. The van der Waals surface area contributed by atoms with Gasteiger partial charge in [-0.25, -0.2) is 4.98 Å². The van der Waals surface area contributed by atoms with Crippen molar-refractivity contribution in [3.05, 3.63) is 18.6 Å². The Hall–Kier alpha value is -1.16. The van der Waals surface area contributed by atoms with E-state index in [9.17, 15) is 0 Å². The average molecular weight is 218 g/mol. The van der Waals surface area contributed by atoms with Gasteiger partial charge in [-0.05, 0) is 25.8 Å². The molecule has 0 radical (unpaired) electrons. The topological polar surface area (TPSA) is 41.1 Å². The van der Waals surface area contributed by atoms with Crippen LogP contribution in [0.1, 0.15) is 19.3 Å². The number of rotatable bonds is 1. The van der Waals surface area contributed by atoms with Crippen LogP contribution in [-0.4, -0.2) is 36.1 Å². The van der Waals surface area contributed by atoms with E-state index < -0.39 is 0 Å². The summed E-state index contributed by atoms with van der Waals surface area (Å²) < 4.78 is 0. The van der Waals surface area contributed by atoms with Crippen LogP contribution in [0.4, 0.5) is 5.82 Å². The molecule has 16 heavy (non-hydrogen) atoms. The average Bonchev–Trinajstić information content (AvgIpc) is 2.75. The molecule has 1 aromatic rings. The summed E-state index contributed by atoms with van der Waals surface area (Å²) in [6.45, 7) is 4.62. The molecule has 2 saturated heterocycles. The number of aromatic nitrogens is 2. The summed E-state index contributed by atoms with van der Waals surface area (Å²) in [7, 11) is 0. The van der Waals surface area contributed by atoms with Crippen LogP contribution in [0.3, 0.4) is 0 Å². The van der Waals surface area contributed by atoms with E-state index in [0.29, 0.717) is 5.41 Å². The van der Waals surface area contributed by atoms with E-state index in [0.717, 1.165) is 18.9 Å². The lowest BCUT2D eigenvalue weighted by Crippen LogP contribution is -2.42. The molecule has 2 aliphatic heterocycles. The van der Waals surface area contributed by atoms with E-state index in [1.807, 2.05) is 6.20 Å². The zero-order chi connectivity index (χ0) is 10.8. The molecule has 2 fully saturated rings. The van der Waals surface area contributed by atoms with E-state index in [1.165, 1.54) is 32.4 Å². The van der Waals surface area contributed by atoms with Crippen molar-refractivity contribution < 1.29 is 0 Å². The first-order valence-corrected chi connectivity index (χ1v) is 6.10. The van der Waals surface area contributed by atoms with Gasteiger partial charge in [0.15, 0.2) is 0 Å². The van der Waals surface area contributed by atoms with Crippen molar-refractivity contribution in [3.63, 3.8) is 0 Å². The van der Waals surface area contributed by atoms with Gasteiger partial charge in [0, 0.05) is 37.4 Å². The lowest BCUT2D eigenvalue weighted by Gasteiger charge is -2.33. The van der Waals surface area contributed by atoms with Crippen molar-refractivity contribution in [1.29, 1.82) is 0 Å². The van der Waals surface area contributed by atoms with Crippen LogP contribution in [0.15, 0.2) is 18.6 Å². The molecule has 4 nitrogen and oxygen atoms in total. The van der Waals surface area contributed by atoms with Crippen LogP contribution >= 0.6 is 0 Å². The van der Waals surface area contributed by atoms with Gasteiger partial charge in [-0.15, -0.1) is 0 Å². The number of piperidine rings is 1. The van der Waals surface area contributed by atoms with Crippen molar-refractivity contribution in [1.82, 2.24) is 15.3 Å². The van der Waals surface area contributed by atoms with Gasteiger partial charge < -0.3 is 10.2 Å². The van der Waals surface area contributed by atoms with Crippen LogP contribution in [0.5, 0.6) is 0 Å². The fraction of sp³-hybridized carbons (Fsp3) is 0.667. The lowest BCUT2D eigenvalue weighted by atomic mass is 9.80. The molecule has 1 N–H and O–H groups in total. The van der Waals surface area contributed by atoms with E-state index in [4.69, 9.17) is 0 Å². The highest BCUT2D eigenvalue weighted by Gasteiger charge is 2.39. The molecule has 0 saturated carbocycles. The predicted octanol–water partition coefficient (Wildman–Crippen LogP) is 1.06. The molecule has 0 unspecified atom stereocenters. The molecular weight excluding hydrogens is 200 g/mol. The number of hydrogen-bond acceptors (Lipinski definition) is 4. The summed E-state index contributed by atoms with van der Waals surface area (Å²) in [6, 6.07) is 0. The third-order valence-corrected chi connectivity index (χ3v) is 3.87. The van der Waals surface area contributed by atoms with Crippen molar-refractivity contribution in [3.8, 4) is 0 Å². The Morgan fingerprint density at radius 2 is 2.31 bits per heavy atom. The van der Waals surface area contributed by atoms with Gasteiger partial charge in [0.05, 0.1) is 6.20 Å². The second-order valence-corrected chi connectivity index (χ2v) is 5.02. The zero-order valence-electron chi connectivity index (χ0n) is 9.52. The Morgan fingerprint density at radius 3 is 3.06 bits per heavy atom. The van der Waals surface area contributed by atoms with Crippen LogP contribution in [0.25, 0.3) is 0 Å². The van der Waals surface area contributed by atoms with E-state index in [-0.39, 0.29) is 0 Å². The smallest absolute Gasteiger partial charge is 0.147 e. The minimum Gasteiger partial charge on any atom is -0.355 e. The Bertz CT molecular complexity index is 345. The first-order valence-electron chi connectivity index (χ1n) is 6.10. The molecule has 0 amide bonds. The fourth-order valence-electron chi connectivity index (χ4n) is 2.96. The summed E-state index contributed by atoms with van der Waals surface area (Å²) >= 11 is 0. The number of nitrogens with one attached hydrogen (secondary N) is 1. The number of anilines is 1. The quantitative estimate of drug-likeness (QED) is 0.765. The van der Waals surface area contributed by atoms with Gasteiger partial charge >= 0.3 is 0 Å². The van der Waals surface area contributed by atoms with Crippen LogP contribution in [0.2, 0.25) is 0 Å². The zero-order valence-corrected chi connectivity index (χ0v) is 9.52. The maximum Gasteiger partial charge on any atom is 0.147 e. The molecule has 1 atom stereocenters. The monoisotopic (exact) mass is 218 g/mol. The Kier molecular flexibility index (Phi) is 2.52. The fourth-order valence-corrected chi connectivity index (χ4v) is 2.96. The lowest BCUT2D eigenvalue weighted by molar-refractivity contribution is 0.239. The molecule has 3 rings (SSSR count). The SMILES string of the molecule is c1cnc(N2CC[C@]3(CCCNC3)C2)cn1. The minimum absolute atomic E-state index is 0.496. The third kappa shape index (κ3) is 1.78. The first-order chi connectivity index (χ1) is 7.88. The predicted molar refractivity (Wildman–Crippen MR) is 63.4 cm³/mol. The molecule has 3 heterocycles. The number of nitrogens with zero attached hydrogens (tertiary/aromatic N) is 3. The second kappa shape index (κ2) is 4.01. The van der Waals surface area contributed by atoms with Crippen molar-refractivity contribution in [2.45, 2.75) is 19.3 Å². The molecule has 1 spiro atoms. The summed E-state index contributed by atoms with van der Waals surface area (Å²) in [5, 5.41) is 3.53. The van der Waals surface area contributed by atoms with Gasteiger partial charge in [-0.2, -0.15) is 0 Å². The molecular formula is C12H18N4. The van der Waals surface area contributed by atoms with Gasteiger partial charge in [0.2, 0.25) is 0 Å². The highest BCUT2D eigenvalue weighted by Crippen LogP contribution is 2.37. The van der Waals surface area contributed by atoms with Crippen molar-refractivity contribution >= 4 is 5.82 Å². The standard InChI is InChI=1S/C12H18N4/c1-2-12(9-14-4-1)3-7-16(10-12)11-8-13-5-6-15-11/h5-6,8,14H,1-4,7,9-10H2/t12-/m0/s1. The summed E-state index contributed by atoms with van der Waals surface area (Å²) in [4.78, 5) is 10.9. The Labute approximate surface area is 96.1 Å². The van der Waals surface area contributed by atoms with Gasteiger partial charge in [-0.3, -0.25) is 4.98 Å². The third-order valence-electron chi connectivity index (χ3n) is 3.87. The van der Waals surface area contributed by atoms with Crippen LogP contribution in [0, 0.1) is 5.41 Å². The summed E-state index contributed by atoms with van der Waals surface area (Å²) in [5.74, 6) is 1.03.